The van der Waals surface area contributed by atoms with Gasteiger partial charge in [0.05, 0.1) is 12.7 Å². The SMILES string of the molecule is COC(=O)c1c(NC(=O)CCCSc2ccc(F)cc2)sc2c1CCCC2. The lowest BCUT2D eigenvalue weighted by Crippen LogP contribution is -2.14. The molecule has 1 N–H and O–H groups in total. The maximum atomic E-state index is 12.9. The van der Waals surface area contributed by atoms with E-state index in [1.54, 1.807) is 23.9 Å². The van der Waals surface area contributed by atoms with E-state index in [1.807, 2.05) is 0 Å². The minimum Gasteiger partial charge on any atom is -0.465 e. The Morgan fingerprint density at radius 1 is 1.22 bits per heavy atom. The number of esters is 1. The number of thioether (sulfide) groups is 1. The van der Waals surface area contributed by atoms with Crippen LogP contribution in [0.5, 0.6) is 0 Å². The Morgan fingerprint density at radius 3 is 2.70 bits per heavy atom. The average Bonchev–Trinajstić information content (AvgIpc) is 3.03. The summed E-state index contributed by atoms with van der Waals surface area (Å²) in [5, 5.41) is 3.52. The van der Waals surface area contributed by atoms with Crippen LogP contribution in [0, 0.1) is 5.82 Å². The zero-order valence-electron chi connectivity index (χ0n) is 15.2. The van der Waals surface area contributed by atoms with Crippen LogP contribution in [0.3, 0.4) is 0 Å². The number of carbonyl (C=O) groups excluding carboxylic acids is 2. The highest BCUT2D eigenvalue weighted by Gasteiger charge is 2.26. The van der Waals surface area contributed by atoms with Crippen LogP contribution >= 0.6 is 23.1 Å². The number of hydrogen-bond donors (Lipinski definition) is 1. The van der Waals surface area contributed by atoms with Crippen molar-refractivity contribution in [3.63, 3.8) is 0 Å². The van der Waals surface area contributed by atoms with Crippen LogP contribution in [0.25, 0.3) is 0 Å². The van der Waals surface area contributed by atoms with Crippen molar-refractivity contribution in [2.75, 3.05) is 18.2 Å². The molecule has 1 aromatic heterocycles. The van der Waals surface area contributed by atoms with E-state index in [-0.39, 0.29) is 17.7 Å². The topological polar surface area (TPSA) is 55.4 Å². The van der Waals surface area contributed by atoms with Crippen LogP contribution < -0.4 is 5.32 Å². The van der Waals surface area contributed by atoms with Crippen molar-refractivity contribution in [1.29, 1.82) is 0 Å². The molecule has 0 atom stereocenters. The third-order valence-electron chi connectivity index (χ3n) is 4.44. The number of fused-ring (bicyclic) bond motifs is 1. The molecule has 0 fully saturated rings. The molecule has 144 valence electrons. The first-order valence-corrected chi connectivity index (χ1v) is 10.8. The summed E-state index contributed by atoms with van der Waals surface area (Å²) in [6.07, 6.45) is 5.06. The van der Waals surface area contributed by atoms with Crippen molar-refractivity contribution in [1.82, 2.24) is 0 Å². The molecule has 1 heterocycles. The van der Waals surface area contributed by atoms with Gasteiger partial charge in [0, 0.05) is 16.2 Å². The first-order chi connectivity index (χ1) is 13.1. The van der Waals surface area contributed by atoms with Gasteiger partial charge < -0.3 is 10.1 Å². The van der Waals surface area contributed by atoms with E-state index in [0.717, 1.165) is 41.9 Å². The molecule has 2 aromatic rings. The number of nitrogens with one attached hydrogen (secondary N) is 1. The number of rotatable bonds is 7. The summed E-state index contributed by atoms with van der Waals surface area (Å²) < 4.78 is 17.8. The molecule has 1 amide bonds. The first kappa shape index (κ1) is 19.9. The van der Waals surface area contributed by atoms with Gasteiger partial charge in [-0.15, -0.1) is 23.1 Å². The van der Waals surface area contributed by atoms with E-state index in [4.69, 9.17) is 4.74 Å². The molecule has 0 radical (unpaired) electrons. The smallest absolute Gasteiger partial charge is 0.341 e. The molecular formula is C20H22FNO3S2. The summed E-state index contributed by atoms with van der Waals surface area (Å²) in [6.45, 7) is 0. The van der Waals surface area contributed by atoms with E-state index in [2.05, 4.69) is 5.32 Å². The maximum absolute atomic E-state index is 12.9. The Morgan fingerprint density at radius 2 is 1.96 bits per heavy atom. The lowest BCUT2D eigenvalue weighted by molar-refractivity contribution is -0.116. The van der Waals surface area contributed by atoms with Gasteiger partial charge in [-0.2, -0.15) is 0 Å². The van der Waals surface area contributed by atoms with Crippen molar-refractivity contribution in [2.45, 2.75) is 43.4 Å². The van der Waals surface area contributed by atoms with Gasteiger partial charge in [0.2, 0.25) is 5.91 Å². The summed E-state index contributed by atoms with van der Waals surface area (Å²) in [5.74, 6) is 0.0398. The summed E-state index contributed by atoms with van der Waals surface area (Å²) in [7, 11) is 1.37. The van der Waals surface area contributed by atoms with Gasteiger partial charge in [0.1, 0.15) is 10.8 Å². The van der Waals surface area contributed by atoms with Gasteiger partial charge in [-0.3, -0.25) is 4.79 Å². The van der Waals surface area contributed by atoms with Gasteiger partial charge in [0.25, 0.3) is 0 Å². The molecular weight excluding hydrogens is 385 g/mol. The summed E-state index contributed by atoms with van der Waals surface area (Å²) in [4.78, 5) is 26.7. The number of carbonyl (C=O) groups is 2. The molecule has 1 aromatic carbocycles. The number of ether oxygens (including phenoxy) is 1. The second-order valence-electron chi connectivity index (χ2n) is 6.36. The minimum absolute atomic E-state index is 0.0987. The second kappa shape index (κ2) is 9.37. The molecule has 27 heavy (non-hydrogen) atoms. The van der Waals surface area contributed by atoms with Crippen molar-refractivity contribution in [3.8, 4) is 0 Å². The molecule has 0 saturated carbocycles. The highest BCUT2D eigenvalue weighted by molar-refractivity contribution is 7.99. The fourth-order valence-electron chi connectivity index (χ4n) is 3.11. The quantitative estimate of drug-likeness (QED) is 0.396. The van der Waals surface area contributed by atoms with Crippen LogP contribution in [0.4, 0.5) is 9.39 Å². The molecule has 7 heteroatoms. The predicted octanol–water partition coefficient (Wildman–Crippen LogP) is 5.06. The number of hydrogen-bond acceptors (Lipinski definition) is 5. The Kier molecular flexibility index (Phi) is 6.90. The van der Waals surface area contributed by atoms with Gasteiger partial charge in [-0.05, 0) is 67.7 Å². The van der Waals surface area contributed by atoms with E-state index in [0.29, 0.717) is 23.4 Å². The van der Waals surface area contributed by atoms with Crippen molar-refractivity contribution < 1.29 is 18.7 Å². The predicted molar refractivity (Wildman–Crippen MR) is 107 cm³/mol. The molecule has 0 unspecified atom stereocenters. The van der Waals surface area contributed by atoms with E-state index in [1.165, 1.54) is 35.5 Å². The van der Waals surface area contributed by atoms with Crippen LogP contribution in [-0.2, 0) is 22.4 Å². The molecule has 0 saturated heterocycles. The molecule has 4 nitrogen and oxygen atoms in total. The van der Waals surface area contributed by atoms with Crippen molar-refractivity contribution in [2.24, 2.45) is 0 Å². The van der Waals surface area contributed by atoms with E-state index >= 15 is 0 Å². The highest BCUT2D eigenvalue weighted by Crippen LogP contribution is 2.38. The number of thiophene rings is 1. The molecule has 1 aliphatic rings. The number of halogens is 1. The van der Waals surface area contributed by atoms with Gasteiger partial charge >= 0.3 is 5.97 Å². The number of anilines is 1. The summed E-state index contributed by atoms with van der Waals surface area (Å²) in [5.41, 5.74) is 1.58. The Bertz CT molecular complexity index is 817. The van der Waals surface area contributed by atoms with Gasteiger partial charge in [-0.1, -0.05) is 0 Å². The fraction of sp³-hybridized carbons (Fsp3) is 0.400. The van der Waals surface area contributed by atoms with Crippen LogP contribution in [0.1, 0.15) is 46.5 Å². The van der Waals surface area contributed by atoms with E-state index in [9.17, 15) is 14.0 Å². The molecule has 0 bridgehead atoms. The first-order valence-electron chi connectivity index (χ1n) is 8.99. The zero-order chi connectivity index (χ0) is 19.2. The lowest BCUT2D eigenvalue weighted by atomic mass is 9.95. The molecule has 3 rings (SSSR count). The molecule has 0 spiro atoms. The number of aryl methyl sites for hydroxylation is 1. The maximum Gasteiger partial charge on any atom is 0.341 e. The van der Waals surface area contributed by atoms with Crippen LogP contribution in [-0.4, -0.2) is 24.7 Å². The normalized spacial score (nSPS) is 13.1. The third kappa shape index (κ3) is 5.11. The molecule has 1 aliphatic carbocycles. The Balaban J connectivity index is 1.55. The average molecular weight is 408 g/mol. The lowest BCUT2D eigenvalue weighted by Gasteiger charge is -2.11. The van der Waals surface area contributed by atoms with Crippen molar-refractivity contribution >= 4 is 40.0 Å². The summed E-state index contributed by atoms with van der Waals surface area (Å²) in [6, 6.07) is 6.33. The monoisotopic (exact) mass is 407 g/mol. The second-order valence-corrected chi connectivity index (χ2v) is 8.63. The molecule has 0 aliphatic heterocycles. The van der Waals surface area contributed by atoms with Crippen molar-refractivity contribution in [3.05, 3.63) is 46.1 Å². The number of methoxy groups -OCH3 is 1. The largest absolute Gasteiger partial charge is 0.465 e. The number of benzene rings is 1. The highest BCUT2D eigenvalue weighted by atomic mass is 32.2. The fourth-order valence-corrected chi connectivity index (χ4v) is 5.26. The van der Waals surface area contributed by atoms with Crippen LogP contribution in [0.2, 0.25) is 0 Å². The van der Waals surface area contributed by atoms with E-state index < -0.39 is 0 Å². The standard InChI is InChI=1S/C20H22FNO3S2/c1-25-20(24)18-15-5-2-3-6-16(15)27-19(18)22-17(23)7-4-12-26-14-10-8-13(21)9-11-14/h8-11H,2-7,12H2,1H3,(H,22,23). The van der Waals surface area contributed by atoms with Crippen LogP contribution in [0.15, 0.2) is 29.2 Å². The number of amides is 1. The Labute approximate surface area is 166 Å². The summed E-state index contributed by atoms with van der Waals surface area (Å²) >= 11 is 3.09. The minimum atomic E-state index is -0.378. The van der Waals surface area contributed by atoms with Gasteiger partial charge in [-0.25, -0.2) is 9.18 Å². The zero-order valence-corrected chi connectivity index (χ0v) is 16.8. The Hall–Kier alpha value is -1.86. The third-order valence-corrected chi connectivity index (χ3v) is 6.75. The van der Waals surface area contributed by atoms with Gasteiger partial charge in [0.15, 0.2) is 0 Å².